The van der Waals surface area contributed by atoms with Crippen molar-refractivity contribution in [2.24, 2.45) is 0 Å². The fourth-order valence-corrected chi connectivity index (χ4v) is 1.98. The Hall–Kier alpha value is -3.06. The van der Waals surface area contributed by atoms with Gasteiger partial charge >= 0.3 is 0 Å². The molecule has 0 unspecified atom stereocenters. The summed E-state index contributed by atoms with van der Waals surface area (Å²) >= 11 is 5.82. The minimum absolute atomic E-state index is 0.0320. The van der Waals surface area contributed by atoms with Gasteiger partial charge in [-0.15, -0.1) is 0 Å². The van der Waals surface area contributed by atoms with Crippen molar-refractivity contribution in [2.45, 2.75) is 6.42 Å². The maximum atomic E-state index is 12.2. The lowest BCUT2D eigenvalue weighted by atomic mass is 10.2. The van der Waals surface area contributed by atoms with Gasteiger partial charge < -0.3 is 25.0 Å². The summed E-state index contributed by atoms with van der Waals surface area (Å²) in [5.74, 6) is -2.51. The van der Waals surface area contributed by atoms with Crippen molar-refractivity contribution >= 4 is 35.5 Å². The van der Waals surface area contributed by atoms with Crippen LogP contribution in [0.3, 0.4) is 0 Å². The normalized spacial score (nSPS) is 11.0. The summed E-state index contributed by atoms with van der Waals surface area (Å²) in [6.45, 7) is -0.129. The highest BCUT2D eigenvalue weighted by molar-refractivity contribution is 6.30. The summed E-state index contributed by atoms with van der Waals surface area (Å²) in [5.41, 5.74) is 0.552. The standard InChI is InChI=1S/C17H15ClN2O5/c18-12-5-3-11(4-6-12)10-13(16(23)19-8-7-15(21)22)20-17(24)14-2-1-9-25-14/h1-6,9-10H,7-8H2,(H,19,23)(H,20,24)(H,21,22)/p-1/b13-10-. The Kier molecular flexibility index (Phi) is 6.36. The molecule has 130 valence electrons. The largest absolute Gasteiger partial charge is 0.550 e. The Morgan fingerprint density at radius 2 is 1.88 bits per heavy atom. The lowest BCUT2D eigenvalue weighted by Gasteiger charge is -2.10. The lowest BCUT2D eigenvalue weighted by Crippen LogP contribution is -2.37. The lowest BCUT2D eigenvalue weighted by molar-refractivity contribution is -0.305. The summed E-state index contributed by atoms with van der Waals surface area (Å²) < 4.78 is 4.98. The molecule has 2 aromatic rings. The first kappa shape index (κ1) is 18.3. The SMILES string of the molecule is O=C([O-])CCNC(=O)/C(=C/c1ccc(Cl)cc1)NC(=O)c1ccco1. The second-order valence-corrected chi connectivity index (χ2v) is 5.36. The first-order valence-corrected chi connectivity index (χ1v) is 7.63. The summed E-state index contributed by atoms with van der Waals surface area (Å²) in [6.07, 6.45) is 2.43. The molecule has 7 nitrogen and oxygen atoms in total. The van der Waals surface area contributed by atoms with Crippen LogP contribution in [0, 0.1) is 0 Å². The number of carbonyl (C=O) groups is 3. The number of carboxylic acids is 1. The van der Waals surface area contributed by atoms with Gasteiger partial charge in [-0.1, -0.05) is 23.7 Å². The Morgan fingerprint density at radius 1 is 1.16 bits per heavy atom. The molecule has 0 saturated heterocycles. The van der Waals surface area contributed by atoms with Crippen molar-refractivity contribution < 1.29 is 23.9 Å². The Morgan fingerprint density at radius 3 is 2.48 bits per heavy atom. The zero-order valence-corrected chi connectivity index (χ0v) is 13.7. The molecule has 0 aliphatic rings. The van der Waals surface area contributed by atoms with E-state index in [4.69, 9.17) is 16.0 Å². The number of halogens is 1. The zero-order chi connectivity index (χ0) is 18.2. The predicted molar refractivity (Wildman–Crippen MR) is 88.2 cm³/mol. The van der Waals surface area contributed by atoms with Gasteiger partial charge in [-0.25, -0.2) is 0 Å². The second-order valence-electron chi connectivity index (χ2n) is 4.92. The van der Waals surface area contributed by atoms with Crippen LogP contribution in [0.15, 0.2) is 52.8 Å². The van der Waals surface area contributed by atoms with E-state index in [2.05, 4.69) is 10.6 Å². The molecular formula is C17H14ClN2O5-. The molecule has 0 spiro atoms. The van der Waals surface area contributed by atoms with E-state index in [9.17, 15) is 19.5 Å². The van der Waals surface area contributed by atoms with Crippen LogP contribution in [-0.2, 0) is 9.59 Å². The van der Waals surface area contributed by atoms with Gasteiger partial charge in [-0.05, 0) is 35.9 Å². The van der Waals surface area contributed by atoms with E-state index in [-0.39, 0.29) is 24.4 Å². The van der Waals surface area contributed by atoms with Gasteiger partial charge in [0.25, 0.3) is 11.8 Å². The van der Waals surface area contributed by atoms with E-state index >= 15 is 0 Å². The van der Waals surface area contributed by atoms with Gasteiger partial charge in [0, 0.05) is 24.0 Å². The van der Waals surface area contributed by atoms with E-state index in [0.29, 0.717) is 10.6 Å². The molecular weight excluding hydrogens is 348 g/mol. The molecule has 0 aliphatic carbocycles. The monoisotopic (exact) mass is 361 g/mol. The molecule has 25 heavy (non-hydrogen) atoms. The van der Waals surface area contributed by atoms with Crippen molar-refractivity contribution in [3.05, 3.63) is 64.7 Å². The van der Waals surface area contributed by atoms with E-state index in [1.807, 2.05) is 0 Å². The van der Waals surface area contributed by atoms with Crippen LogP contribution in [0.1, 0.15) is 22.5 Å². The molecule has 1 heterocycles. The van der Waals surface area contributed by atoms with Crippen LogP contribution < -0.4 is 15.7 Å². The van der Waals surface area contributed by atoms with Crippen LogP contribution >= 0.6 is 11.6 Å². The van der Waals surface area contributed by atoms with E-state index in [1.54, 1.807) is 24.3 Å². The van der Waals surface area contributed by atoms with Crippen LogP contribution in [0.25, 0.3) is 6.08 Å². The van der Waals surface area contributed by atoms with Gasteiger partial charge in [0.15, 0.2) is 5.76 Å². The summed E-state index contributed by atoms with van der Waals surface area (Å²) in [5, 5.41) is 15.8. The Balaban J connectivity index is 2.17. The number of carbonyl (C=O) groups excluding carboxylic acids is 3. The fraction of sp³-hybridized carbons (Fsp3) is 0.118. The number of rotatable bonds is 7. The molecule has 8 heteroatoms. The van der Waals surface area contributed by atoms with E-state index < -0.39 is 17.8 Å². The highest BCUT2D eigenvalue weighted by Crippen LogP contribution is 2.12. The smallest absolute Gasteiger partial charge is 0.291 e. The quantitative estimate of drug-likeness (QED) is 0.713. The number of furan rings is 1. The molecule has 2 rings (SSSR count). The maximum absolute atomic E-state index is 12.2. The number of amides is 2. The van der Waals surface area contributed by atoms with Crippen molar-refractivity contribution in [1.82, 2.24) is 10.6 Å². The predicted octanol–water partition coefficient (Wildman–Crippen LogP) is 0.960. The fourth-order valence-electron chi connectivity index (χ4n) is 1.85. The van der Waals surface area contributed by atoms with Crippen LogP contribution in [0.4, 0.5) is 0 Å². The summed E-state index contributed by atoms with van der Waals surface area (Å²) in [6, 6.07) is 9.58. The van der Waals surface area contributed by atoms with Crippen molar-refractivity contribution in [2.75, 3.05) is 6.54 Å². The number of carboxylic acid groups (broad SMARTS) is 1. The van der Waals surface area contributed by atoms with Crippen molar-refractivity contribution in [1.29, 1.82) is 0 Å². The third-order valence-corrected chi connectivity index (χ3v) is 3.29. The number of hydrogen-bond donors (Lipinski definition) is 2. The highest BCUT2D eigenvalue weighted by Gasteiger charge is 2.16. The summed E-state index contributed by atoms with van der Waals surface area (Å²) in [7, 11) is 0. The number of hydrogen-bond acceptors (Lipinski definition) is 5. The van der Waals surface area contributed by atoms with E-state index in [0.717, 1.165) is 0 Å². The second kappa shape index (κ2) is 8.70. The molecule has 0 bridgehead atoms. The third kappa shape index (κ3) is 5.82. The molecule has 0 atom stereocenters. The minimum atomic E-state index is -1.29. The Labute approximate surface area is 148 Å². The maximum Gasteiger partial charge on any atom is 0.291 e. The van der Waals surface area contributed by atoms with Gasteiger partial charge in [-0.3, -0.25) is 9.59 Å². The van der Waals surface area contributed by atoms with Gasteiger partial charge in [0.05, 0.1) is 6.26 Å². The first-order valence-electron chi connectivity index (χ1n) is 7.26. The van der Waals surface area contributed by atoms with Gasteiger partial charge in [0.2, 0.25) is 0 Å². The van der Waals surface area contributed by atoms with Crippen molar-refractivity contribution in [3.63, 3.8) is 0 Å². The van der Waals surface area contributed by atoms with Crippen LogP contribution in [0.2, 0.25) is 5.02 Å². The molecule has 0 saturated carbocycles. The average Bonchev–Trinajstić information content (AvgIpc) is 3.10. The first-order chi connectivity index (χ1) is 12.0. The highest BCUT2D eigenvalue weighted by atomic mass is 35.5. The number of nitrogens with one attached hydrogen (secondary N) is 2. The topological polar surface area (TPSA) is 111 Å². The van der Waals surface area contributed by atoms with E-state index in [1.165, 1.54) is 24.5 Å². The minimum Gasteiger partial charge on any atom is -0.550 e. The molecule has 1 aromatic heterocycles. The molecule has 0 radical (unpaired) electrons. The molecule has 0 fully saturated rings. The van der Waals surface area contributed by atoms with Crippen molar-refractivity contribution in [3.8, 4) is 0 Å². The molecule has 0 aliphatic heterocycles. The average molecular weight is 362 g/mol. The van der Waals surface area contributed by atoms with Gasteiger partial charge in [0.1, 0.15) is 5.70 Å². The number of aliphatic carboxylic acids is 1. The molecule has 2 amide bonds. The van der Waals surface area contributed by atoms with Crippen LogP contribution in [0.5, 0.6) is 0 Å². The van der Waals surface area contributed by atoms with Gasteiger partial charge in [-0.2, -0.15) is 0 Å². The summed E-state index contributed by atoms with van der Waals surface area (Å²) in [4.78, 5) is 34.8. The Bertz CT molecular complexity index is 782. The number of benzene rings is 1. The molecule has 1 aromatic carbocycles. The van der Waals surface area contributed by atoms with Crippen LogP contribution in [-0.4, -0.2) is 24.3 Å². The zero-order valence-electron chi connectivity index (χ0n) is 13.0. The molecule has 2 N–H and O–H groups in total. The third-order valence-electron chi connectivity index (χ3n) is 3.03.